The predicted octanol–water partition coefficient (Wildman–Crippen LogP) is 2.86. The molecule has 0 saturated carbocycles. The van der Waals surface area contributed by atoms with E-state index in [-0.39, 0.29) is 0 Å². The van der Waals surface area contributed by atoms with E-state index < -0.39 is 0 Å². The number of ether oxygens (including phenoxy) is 1. The van der Waals surface area contributed by atoms with Crippen molar-refractivity contribution in [3.8, 4) is 5.75 Å². The minimum absolute atomic E-state index is 0.389. The minimum Gasteiger partial charge on any atom is -0.485 e. The van der Waals surface area contributed by atoms with Gasteiger partial charge < -0.3 is 14.6 Å². The third-order valence-corrected chi connectivity index (χ3v) is 3.54. The summed E-state index contributed by atoms with van der Waals surface area (Å²) in [6, 6.07) is 5.66. The van der Waals surface area contributed by atoms with Crippen molar-refractivity contribution >= 4 is 11.6 Å². The summed E-state index contributed by atoms with van der Waals surface area (Å²) in [6.07, 6.45) is 1.09. The zero-order chi connectivity index (χ0) is 15.2. The minimum atomic E-state index is 0.389. The molecule has 1 N–H and O–H groups in total. The second-order valence-electron chi connectivity index (χ2n) is 4.94. The summed E-state index contributed by atoms with van der Waals surface area (Å²) in [5.41, 5.74) is 1.05. The molecule has 0 amide bonds. The summed E-state index contributed by atoms with van der Waals surface area (Å²) >= 11 is 6.07. The summed E-state index contributed by atoms with van der Waals surface area (Å²) in [7, 11) is 1.93. The van der Waals surface area contributed by atoms with Crippen molar-refractivity contribution in [3.05, 3.63) is 40.4 Å². The van der Waals surface area contributed by atoms with Crippen LogP contribution in [0.3, 0.4) is 0 Å². The first-order valence-electron chi connectivity index (χ1n) is 7.08. The van der Waals surface area contributed by atoms with Crippen LogP contribution in [0, 0.1) is 6.92 Å². The van der Waals surface area contributed by atoms with E-state index in [0.29, 0.717) is 11.6 Å². The molecule has 114 valence electrons. The Bertz CT molecular complexity index is 597. The Kier molecular flexibility index (Phi) is 5.59. The first-order valence-corrected chi connectivity index (χ1v) is 7.46. The van der Waals surface area contributed by atoms with Crippen LogP contribution >= 0.6 is 11.6 Å². The van der Waals surface area contributed by atoms with E-state index in [0.717, 1.165) is 42.5 Å². The lowest BCUT2D eigenvalue weighted by molar-refractivity contribution is 0.287. The Morgan fingerprint density at radius 2 is 2.14 bits per heavy atom. The molecule has 0 aliphatic carbocycles. The molecule has 0 unspecified atom stereocenters. The normalized spacial score (nSPS) is 10.9. The molecule has 1 heterocycles. The Morgan fingerprint density at radius 3 is 2.81 bits per heavy atom. The number of nitrogens with one attached hydrogen (secondary N) is 1. The number of aryl methyl sites for hydroxylation is 1. The van der Waals surface area contributed by atoms with Crippen molar-refractivity contribution in [2.24, 2.45) is 7.05 Å². The maximum atomic E-state index is 6.07. The molecule has 1 aromatic heterocycles. The molecular formula is C15H21ClN4O. The van der Waals surface area contributed by atoms with Gasteiger partial charge in [-0.3, -0.25) is 0 Å². The van der Waals surface area contributed by atoms with Crippen LogP contribution in [-0.4, -0.2) is 21.3 Å². The van der Waals surface area contributed by atoms with Crippen LogP contribution in [0.5, 0.6) is 5.75 Å². The van der Waals surface area contributed by atoms with Crippen molar-refractivity contribution in [2.75, 3.05) is 6.54 Å². The highest BCUT2D eigenvalue weighted by Crippen LogP contribution is 2.23. The quantitative estimate of drug-likeness (QED) is 0.799. The van der Waals surface area contributed by atoms with E-state index in [4.69, 9.17) is 16.3 Å². The zero-order valence-corrected chi connectivity index (χ0v) is 13.4. The lowest BCUT2D eigenvalue weighted by Gasteiger charge is -2.12. The molecule has 0 bridgehead atoms. The Hall–Kier alpha value is -1.59. The van der Waals surface area contributed by atoms with Gasteiger partial charge in [-0.1, -0.05) is 18.5 Å². The van der Waals surface area contributed by atoms with Crippen LogP contribution in [0.15, 0.2) is 18.2 Å². The lowest BCUT2D eigenvalue weighted by atomic mass is 10.2. The van der Waals surface area contributed by atoms with Crippen LogP contribution in [0.1, 0.15) is 30.6 Å². The summed E-state index contributed by atoms with van der Waals surface area (Å²) in [4.78, 5) is 0. The molecule has 0 fully saturated rings. The molecule has 0 aliphatic heterocycles. The standard InChI is InChI=1S/C15H21ClN4O/c1-4-7-17-9-12-8-13(16)5-6-14(12)21-10-15-19-18-11(2)20(15)3/h5-6,8,17H,4,7,9-10H2,1-3H3. The second kappa shape index (κ2) is 7.43. The van der Waals surface area contributed by atoms with Gasteiger partial charge in [0.05, 0.1) is 0 Å². The molecule has 5 nitrogen and oxygen atoms in total. The molecule has 0 radical (unpaired) electrons. The average Bonchev–Trinajstić information content (AvgIpc) is 2.78. The smallest absolute Gasteiger partial charge is 0.170 e. The number of hydrogen-bond donors (Lipinski definition) is 1. The highest BCUT2D eigenvalue weighted by atomic mass is 35.5. The maximum absolute atomic E-state index is 6.07. The van der Waals surface area contributed by atoms with Crippen LogP contribution in [-0.2, 0) is 20.2 Å². The zero-order valence-electron chi connectivity index (χ0n) is 12.7. The van der Waals surface area contributed by atoms with E-state index in [1.54, 1.807) is 0 Å². The highest BCUT2D eigenvalue weighted by Gasteiger charge is 2.09. The number of rotatable bonds is 7. The topological polar surface area (TPSA) is 52.0 Å². The molecule has 0 spiro atoms. The molecule has 1 aromatic carbocycles. The molecule has 0 saturated heterocycles. The summed E-state index contributed by atoms with van der Waals surface area (Å²) in [5.74, 6) is 2.49. The predicted molar refractivity (Wildman–Crippen MR) is 83.5 cm³/mol. The fraction of sp³-hybridized carbons (Fsp3) is 0.467. The fourth-order valence-electron chi connectivity index (χ4n) is 1.95. The van der Waals surface area contributed by atoms with Crippen molar-refractivity contribution in [3.63, 3.8) is 0 Å². The van der Waals surface area contributed by atoms with Crippen molar-refractivity contribution in [1.82, 2.24) is 20.1 Å². The van der Waals surface area contributed by atoms with Gasteiger partial charge >= 0.3 is 0 Å². The summed E-state index contributed by atoms with van der Waals surface area (Å²) < 4.78 is 7.80. The third-order valence-electron chi connectivity index (χ3n) is 3.30. The van der Waals surface area contributed by atoms with Gasteiger partial charge in [-0.05, 0) is 38.1 Å². The van der Waals surface area contributed by atoms with Crippen molar-refractivity contribution in [1.29, 1.82) is 0 Å². The number of nitrogens with zero attached hydrogens (tertiary/aromatic N) is 3. The van der Waals surface area contributed by atoms with Gasteiger partial charge in [-0.15, -0.1) is 10.2 Å². The van der Waals surface area contributed by atoms with Crippen molar-refractivity contribution < 1.29 is 4.74 Å². The Morgan fingerprint density at radius 1 is 1.33 bits per heavy atom. The molecule has 0 atom stereocenters. The number of hydrogen-bond acceptors (Lipinski definition) is 4. The van der Waals surface area contributed by atoms with E-state index >= 15 is 0 Å². The fourth-order valence-corrected chi connectivity index (χ4v) is 2.14. The number of aromatic nitrogens is 3. The molecule has 6 heteroatoms. The van der Waals surface area contributed by atoms with Gasteiger partial charge in [0, 0.05) is 24.2 Å². The Labute approximate surface area is 130 Å². The van der Waals surface area contributed by atoms with Crippen LogP contribution in [0.2, 0.25) is 5.02 Å². The van der Waals surface area contributed by atoms with E-state index in [2.05, 4.69) is 22.4 Å². The average molecular weight is 309 g/mol. The van der Waals surface area contributed by atoms with Gasteiger partial charge in [0.25, 0.3) is 0 Å². The molecule has 2 rings (SSSR count). The number of benzene rings is 1. The largest absolute Gasteiger partial charge is 0.485 e. The first kappa shape index (κ1) is 15.8. The van der Waals surface area contributed by atoms with Crippen LogP contribution < -0.4 is 10.1 Å². The van der Waals surface area contributed by atoms with Gasteiger partial charge in [-0.2, -0.15) is 0 Å². The van der Waals surface area contributed by atoms with Gasteiger partial charge in [-0.25, -0.2) is 0 Å². The first-order chi connectivity index (χ1) is 10.1. The SMILES string of the molecule is CCCNCc1cc(Cl)ccc1OCc1nnc(C)n1C. The van der Waals surface area contributed by atoms with Crippen LogP contribution in [0.4, 0.5) is 0 Å². The summed E-state index contributed by atoms with van der Waals surface area (Å²) in [6.45, 7) is 6.15. The molecule has 0 aliphatic rings. The third kappa shape index (κ3) is 4.19. The summed E-state index contributed by atoms with van der Waals surface area (Å²) in [5, 5.41) is 12.2. The maximum Gasteiger partial charge on any atom is 0.170 e. The Balaban J connectivity index is 2.06. The van der Waals surface area contributed by atoms with E-state index in [1.165, 1.54) is 0 Å². The lowest BCUT2D eigenvalue weighted by Crippen LogP contribution is -2.15. The molecule has 2 aromatic rings. The second-order valence-corrected chi connectivity index (χ2v) is 5.38. The molecule has 21 heavy (non-hydrogen) atoms. The van der Waals surface area contributed by atoms with Gasteiger partial charge in [0.1, 0.15) is 18.2 Å². The molecular weight excluding hydrogens is 288 g/mol. The number of halogens is 1. The highest BCUT2D eigenvalue weighted by molar-refractivity contribution is 6.30. The van der Waals surface area contributed by atoms with Gasteiger partial charge in [0.15, 0.2) is 5.82 Å². The van der Waals surface area contributed by atoms with Crippen molar-refractivity contribution in [2.45, 2.75) is 33.4 Å². The van der Waals surface area contributed by atoms with E-state index in [9.17, 15) is 0 Å². The monoisotopic (exact) mass is 308 g/mol. The van der Waals surface area contributed by atoms with Gasteiger partial charge in [0.2, 0.25) is 0 Å². The van der Waals surface area contributed by atoms with Crippen LogP contribution in [0.25, 0.3) is 0 Å². The van der Waals surface area contributed by atoms with E-state index in [1.807, 2.05) is 36.7 Å².